The minimum Gasteiger partial charge on any atom is -0.302 e. The molecule has 0 saturated heterocycles. The highest BCUT2D eigenvalue weighted by atomic mass is 31.3. The molecule has 0 fully saturated rings. The van der Waals surface area contributed by atoms with Crippen molar-refractivity contribution in [1.82, 2.24) is 0 Å². The summed E-state index contributed by atoms with van der Waals surface area (Å²) in [5.41, 5.74) is 4.76. The van der Waals surface area contributed by atoms with Gasteiger partial charge in [0, 0.05) is 0 Å². The minimum absolute atomic E-state index is 0.628. The van der Waals surface area contributed by atoms with E-state index in [1.54, 1.807) is 6.92 Å². The molecule has 7 nitrogen and oxygen atoms in total. The van der Waals surface area contributed by atoms with E-state index in [1.165, 1.54) is 22.8 Å². The molecule has 0 aliphatic rings. The summed E-state index contributed by atoms with van der Waals surface area (Å²) in [6.45, 7) is 8.61. The second-order valence-electron chi connectivity index (χ2n) is 7.29. The molecule has 0 bridgehead atoms. The smallest absolute Gasteiger partial charge is 0.302 e. The van der Waals surface area contributed by atoms with Crippen molar-refractivity contribution in [2.45, 2.75) is 73.1 Å². The van der Waals surface area contributed by atoms with E-state index in [2.05, 4.69) is 54.8 Å². The predicted molar refractivity (Wildman–Crippen MR) is 117 cm³/mol. The van der Waals surface area contributed by atoms with Gasteiger partial charge in [-0.1, -0.05) is 46.6 Å². The van der Waals surface area contributed by atoms with Crippen molar-refractivity contribution in [3.05, 3.63) is 46.6 Å². The molecule has 0 aromatic carbocycles. The van der Waals surface area contributed by atoms with Gasteiger partial charge in [-0.3, -0.25) is 4.52 Å². The molecular weight excluding hydrogens is 414 g/mol. The fourth-order valence-corrected chi connectivity index (χ4v) is 3.79. The van der Waals surface area contributed by atoms with Crippen molar-refractivity contribution in [1.29, 1.82) is 0 Å². The highest BCUT2D eigenvalue weighted by Gasteiger charge is 2.31. The molecule has 0 radical (unpaired) electrons. The molecule has 168 valence electrons. The Hall–Kier alpha value is -0.780. The first-order valence-electron chi connectivity index (χ1n) is 10.1. The van der Waals surface area contributed by atoms with E-state index in [0.29, 0.717) is 6.42 Å². The van der Waals surface area contributed by atoms with Gasteiger partial charge in [0.1, 0.15) is 0 Å². The highest BCUT2D eigenvalue weighted by molar-refractivity contribution is 7.60. The number of hydrogen-bond acceptors (Lipinski definition) is 4. The summed E-state index contributed by atoms with van der Waals surface area (Å²) in [5.74, 6) is 0. The molecule has 2 unspecified atom stereocenters. The largest absolute Gasteiger partial charge is 0.481 e. The van der Waals surface area contributed by atoms with Crippen molar-refractivity contribution in [3.8, 4) is 0 Å². The summed E-state index contributed by atoms with van der Waals surface area (Å²) in [7, 11) is -10.2. The van der Waals surface area contributed by atoms with Crippen LogP contribution in [-0.4, -0.2) is 21.3 Å². The highest BCUT2D eigenvalue weighted by Crippen LogP contribution is 2.57. The van der Waals surface area contributed by atoms with E-state index < -0.39 is 22.2 Å². The second kappa shape index (κ2) is 14.3. The summed E-state index contributed by atoms with van der Waals surface area (Å²) < 4.78 is 37.7. The van der Waals surface area contributed by atoms with Gasteiger partial charge in [0.2, 0.25) is 0 Å². The molecule has 0 spiro atoms. The number of phosphoric ester groups is 1. The lowest BCUT2D eigenvalue weighted by Crippen LogP contribution is -1.94. The van der Waals surface area contributed by atoms with Crippen LogP contribution in [0.5, 0.6) is 0 Å². The van der Waals surface area contributed by atoms with Crippen LogP contribution in [0.15, 0.2) is 46.6 Å². The molecule has 2 atom stereocenters. The van der Waals surface area contributed by atoms with Crippen molar-refractivity contribution < 1.29 is 34.0 Å². The molecule has 0 saturated carbocycles. The van der Waals surface area contributed by atoms with Crippen LogP contribution in [0.25, 0.3) is 0 Å². The van der Waals surface area contributed by atoms with E-state index >= 15 is 0 Å². The van der Waals surface area contributed by atoms with Crippen LogP contribution in [0.4, 0.5) is 0 Å². The predicted octanol–water partition coefficient (Wildman–Crippen LogP) is 6.36. The molecule has 0 heterocycles. The number of hydrogen-bond donors (Lipinski definition) is 3. The maximum atomic E-state index is 11.4. The van der Waals surface area contributed by atoms with Crippen LogP contribution in [0.3, 0.4) is 0 Å². The van der Waals surface area contributed by atoms with Crippen LogP contribution in [0.1, 0.15) is 74.5 Å². The Labute approximate surface area is 176 Å². The lowest BCUT2D eigenvalue weighted by atomic mass is 10.0. The van der Waals surface area contributed by atoms with E-state index in [0.717, 1.165) is 37.7 Å². The molecule has 3 N–H and O–H groups in total. The molecule has 0 aliphatic heterocycles. The number of rotatable bonds is 14. The first-order chi connectivity index (χ1) is 13.7. The second-order valence-corrected chi connectivity index (χ2v) is 10.1. The zero-order valence-electron chi connectivity index (χ0n) is 19.0. The van der Waals surface area contributed by atoms with Gasteiger partial charge in [0.25, 0.3) is 0 Å². The number of phosphoric acid groups is 2. The molecule has 0 aromatic heterocycles. The fourth-order valence-electron chi connectivity index (χ4n) is 2.35. The third kappa shape index (κ3) is 19.0. The summed E-state index contributed by atoms with van der Waals surface area (Å²) in [6.07, 6.45) is 13.4. The third-order valence-corrected chi connectivity index (χ3v) is 5.97. The Morgan fingerprint density at radius 2 is 1.21 bits per heavy atom. The van der Waals surface area contributed by atoms with Gasteiger partial charge in [-0.2, -0.15) is 4.31 Å². The maximum Gasteiger partial charge on any atom is 0.481 e. The lowest BCUT2D eigenvalue weighted by molar-refractivity contribution is 0.191. The van der Waals surface area contributed by atoms with Gasteiger partial charge in [-0.25, -0.2) is 9.13 Å². The monoisotopic (exact) mass is 452 g/mol. The zero-order chi connectivity index (χ0) is 23.4. The van der Waals surface area contributed by atoms with Crippen LogP contribution in [0.2, 0.25) is 0 Å². The summed E-state index contributed by atoms with van der Waals surface area (Å²) in [5, 5.41) is 0. The van der Waals surface area contributed by atoms with Gasteiger partial charge < -0.3 is 14.7 Å². The van der Waals surface area contributed by atoms with Crippen molar-refractivity contribution in [2.24, 2.45) is 0 Å². The van der Waals surface area contributed by atoms with E-state index in [4.69, 9.17) is 11.2 Å². The van der Waals surface area contributed by atoms with Crippen molar-refractivity contribution >= 4 is 15.6 Å². The fraction of sp³-hybridized carbons (Fsp3) is 0.600. The molecule has 0 amide bonds. The van der Waals surface area contributed by atoms with E-state index in [-0.39, 0.29) is 0 Å². The average Bonchev–Trinajstić information content (AvgIpc) is 2.51. The standard InChI is InChI=1S/C20H36O7P2/c1-17(2)9-6-10-18(3)11-7-12-19(4)13-8-14-20(5)15-16-26-29(24,25)27-28(21,22)23/h9,11,13,15H,6-8,10,12,14,16H2,1-5H3,(H,24,25)(H2,21,22,23)/b18-11+,19-13+,20-15+/i16T. The molecule has 29 heavy (non-hydrogen) atoms. The van der Waals surface area contributed by atoms with E-state index in [9.17, 15) is 14.0 Å². The zero-order valence-corrected chi connectivity index (χ0v) is 19.8. The number of allylic oxidation sites excluding steroid dienone is 7. The Bertz CT molecular complexity index is 746. The Morgan fingerprint density at radius 1 is 0.793 bits per heavy atom. The third-order valence-electron chi connectivity index (χ3n) is 3.91. The maximum absolute atomic E-state index is 11.4. The van der Waals surface area contributed by atoms with Crippen LogP contribution in [-0.2, 0) is 18.0 Å². The Kier molecular flexibility index (Phi) is 12.9. The molecule has 0 aromatic rings. The average molecular weight is 452 g/mol. The van der Waals surface area contributed by atoms with Gasteiger partial charge in [-0.15, -0.1) is 0 Å². The summed E-state index contributed by atoms with van der Waals surface area (Å²) >= 11 is 0. The first-order valence-corrected chi connectivity index (χ1v) is 12.5. The quantitative estimate of drug-likeness (QED) is 0.208. The molecular formula is C20H36O7P2. The minimum atomic E-state index is -5.19. The SMILES string of the molecule is [3H]C(/C=C(\C)CC/C=C(\C)CC/C=C(\C)CCC=C(C)C)OP(=O)(O)OP(=O)(O)O. The van der Waals surface area contributed by atoms with Crippen LogP contribution >= 0.6 is 15.6 Å². The van der Waals surface area contributed by atoms with E-state index in [1.807, 2.05) is 0 Å². The lowest BCUT2D eigenvalue weighted by Gasteiger charge is -2.11. The van der Waals surface area contributed by atoms with Gasteiger partial charge >= 0.3 is 15.6 Å². The van der Waals surface area contributed by atoms with Crippen LogP contribution in [0, 0.1) is 0 Å². The van der Waals surface area contributed by atoms with Gasteiger partial charge in [-0.05, 0) is 73.1 Å². The van der Waals surface area contributed by atoms with Crippen LogP contribution < -0.4 is 0 Å². The van der Waals surface area contributed by atoms with Crippen molar-refractivity contribution in [3.63, 3.8) is 0 Å². The van der Waals surface area contributed by atoms with Crippen molar-refractivity contribution in [2.75, 3.05) is 6.58 Å². The Balaban J connectivity index is 4.38. The Morgan fingerprint density at radius 3 is 1.62 bits per heavy atom. The molecule has 0 aliphatic carbocycles. The summed E-state index contributed by atoms with van der Waals surface area (Å²) in [6, 6.07) is 0. The van der Waals surface area contributed by atoms with Gasteiger partial charge in [0.15, 0.2) is 0 Å². The summed E-state index contributed by atoms with van der Waals surface area (Å²) in [4.78, 5) is 26.3. The molecule has 9 heteroatoms. The topological polar surface area (TPSA) is 113 Å². The normalized spacial score (nSPS) is 17.5. The van der Waals surface area contributed by atoms with Gasteiger partial charge in [0.05, 0.1) is 7.95 Å². The molecule has 0 rings (SSSR count). The first kappa shape index (κ1) is 26.3.